The van der Waals surface area contributed by atoms with Gasteiger partial charge in [-0.15, -0.1) is 24.0 Å². The molecule has 0 radical (unpaired) electrons. The second kappa shape index (κ2) is 13.2. The third-order valence-electron chi connectivity index (χ3n) is 4.89. The van der Waals surface area contributed by atoms with Gasteiger partial charge in [0.1, 0.15) is 17.7 Å². The summed E-state index contributed by atoms with van der Waals surface area (Å²) >= 11 is 0. The largest absolute Gasteiger partial charge is 0.489 e. The van der Waals surface area contributed by atoms with Crippen molar-refractivity contribution in [3.63, 3.8) is 0 Å². The van der Waals surface area contributed by atoms with E-state index in [0.29, 0.717) is 43.8 Å². The smallest absolute Gasteiger partial charge is 0.401 e. The van der Waals surface area contributed by atoms with Crippen LogP contribution in [0.3, 0.4) is 0 Å². The first kappa shape index (κ1) is 26.7. The van der Waals surface area contributed by atoms with E-state index in [1.807, 2.05) is 6.92 Å². The van der Waals surface area contributed by atoms with E-state index >= 15 is 0 Å². The molecule has 1 saturated heterocycles. The number of hydrogen-bond donors (Lipinski definition) is 2. The Kier molecular flexibility index (Phi) is 11.7. The number of piperidine rings is 1. The summed E-state index contributed by atoms with van der Waals surface area (Å²) in [5.74, 6) is 1.36. The van der Waals surface area contributed by atoms with Crippen molar-refractivity contribution in [1.82, 2.24) is 15.5 Å². The zero-order valence-electron chi connectivity index (χ0n) is 17.3. The van der Waals surface area contributed by atoms with Crippen LogP contribution < -0.4 is 15.4 Å². The van der Waals surface area contributed by atoms with Gasteiger partial charge in [0, 0.05) is 13.6 Å². The fraction of sp³-hybridized carbons (Fsp3) is 0.650. The lowest BCUT2D eigenvalue weighted by Gasteiger charge is -2.32. The molecule has 0 amide bonds. The van der Waals surface area contributed by atoms with Crippen LogP contribution in [0.5, 0.6) is 5.75 Å². The van der Waals surface area contributed by atoms with Crippen molar-refractivity contribution < 1.29 is 22.3 Å². The minimum absolute atomic E-state index is 0. The maximum atomic E-state index is 12.9. The molecule has 1 aromatic rings. The number of hydrogen-bond acceptors (Lipinski definition) is 3. The van der Waals surface area contributed by atoms with Crippen LogP contribution in [0.15, 0.2) is 29.3 Å². The molecule has 1 unspecified atom stereocenters. The molecule has 172 valence electrons. The number of halogens is 5. The van der Waals surface area contributed by atoms with Gasteiger partial charge >= 0.3 is 6.18 Å². The molecule has 0 spiro atoms. The van der Waals surface area contributed by atoms with E-state index in [1.54, 1.807) is 19.2 Å². The lowest BCUT2D eigenvalue weighted by atomic mass is 9.93. The normalized spacial score (nSPS) is 17.2. The predicted octanol–water partition coefficient (Wildman–Crippen LogP) is 4.04. The summed E-state index contributed by atoms with van der Waals surface area (Å²) in [7, 11) is 1.68. The Labute approximate surface area is 192 Å². The van der Waals surface area contributed by atoms with Crippen molar-refractivity contribution >= 4 is 29.9 Å². The first-order valence-corrected chi connectivity index (χ1v) is 9.91. The van der Waals surface area contributed by atoms with E-state index in [9.17, 15) is 17.6 Å². The molecule has 1 atom stereocenters. The van der Waals surface area contributed by atoms with E-state index < -0.39 is 12.7 Å². The third-order valence-corrected chi connectivity index (χ3v) is 4.89. The SMILES string of the molecule is CN=C(NCCC1CCN(CC(F)(F)F)CC1)NCC(C)Oc1ccc(F)cc1.I. The van der Waals surface area contributed by atoms with Gasteiger partial charge < -0.3 is 15.4 Å². The number of nitrogens with zero attached hydrogens (tertiary/aromatic N) is 2. The Morgan fingerprint density at radius 1 is 1.20 bits per heavy atom. The van der Waals surface area contributed by atoms with Gasteiger partial charge in [-0.25, -0.2) is 4.39 Å². The molecule has 2 rings (SSSR count). The van der Waals surface area contributed by atoms with Crippen LogP contribution in [0.1, 0.15) is 26.2 Å². The molecule has 0 aliphatic carbocycles. The molecule has 1 aromatic carbocycles. The number of benzene rings is 1. The van der Waals surface area contributed by atoms with Crippen molar-refractivity contribution in [2.45, 2.75) is 38.5 Å². The fourth-order valence-electron chi connectivity index (χ4n) is 3.33. The number of alkyl halides is 3. The van der Waals surface area contributed by atoms with Gasteiger partial charge in [0.2, 0.25) is 0 Å². The summed E-state index contributed by atoms with van der Waals surface area (Å²) in [5, 5.41) is 6.41. The number of rotatable bonds is 8. The van der Waals surface area contributed by atoms with Gasteiger partial charge in [-0.05, 0) is 69.5 Å². The molecule has 30 heavy (non-hydrogen) atoms. The number of aliphatic imine (C=N–C) groups is 1. The van der Waals surface area contributed by atoms with Crippen molar-refractivity contribution in [1.29, 1.82) is 0 Å². The Balaban J connectivity index is 0.00000450. The Bertz CT molecular complexity index is 635. The van der Waals surface area contributed by atoms with Gasteiger partial charge in [0.15, 0.2) is 5.96 Å². The summed E-state index contributed by atoms with van der Waals surface area (Å²) in [5.41, 5.74) is 0. The monoisotopic (exact) mass is 546 g/mol. The van der Waals surface area contributed by atoms with E-state index in [-0.39, 0.29) is 35.9 Å². The number of ether oxygens (including phenoxy) is 1. The molecule has 5 nitrogen and oxygen atoms in total. The molecule has 0 aromatic heterocycles. The lowest BCUT2D eigenvalue weighted by Crippen LogP contribution is -2.43. The first-order chi connectivity index (χ1) is 13.7. The van der Waals surface area contributed by atoms with Crippen LogP contribution in [-0.2, 0) is 0 Å². The third kappa shape index (κ3) is 10.6. The fourth-order valence-corrected chi connectivity index (χ4v) is 3.33. The van der Waals surface area contributed by atoms with Gasteiger partial charge in [0.25, 0.3) is 0 Å². The Morgan fingerprint density at radius 2 is 1.83 bits per heavy atom. The maximum Gasteiger partial charge on any atom is 0.401 e. The van der Waals surface area contributed by atoms with Crippen molar-refractivity contribution in [2.75, 3.05) is 39.8 Å². The van der Waals surface area contributed by atoms with Crippen LogP contribution in [0.4, 0.5) is 17.6 Å². The van der Waals surface area contributed by atoms with Crippen molar-refractivity contribution in [3.05, 3.63) is 30.1 Å². The summed E-state index contributed by atoms with van der Waals surface area (Å²) in [4.78, 5) is 5.65. The average molecular weight is 546 g/mol. The van der Waals surface area contributed by atoms with Crippen LogP contribution >= 0.6 is 24.0 Å². The average Bonchev–Trinajstić information content (AvgIpc) is 2.66. The standard InChI is InChI=1S/C20H30F4N4O.HI/c1-15(29-18-5-3-17(21)4-6-18)13-27-19(25-2)26-10-7-16-8-11-28(12-9-16)14-20(22,23)24;/h3-6,15-16H,7-14H2,1-2H3,(H2,25,26,27);1H. The van der Waals surface area contributed by atoms with Gasteiger partial charge in [0.05, 0.1) is 13.1 Å². The Hall–Kier alpha value is -1.30. The van der Waals surface area contributed by atoms with Crippen LogP contribution in [0.25, 0.3) is 0 Å². The summed E-state index contributed by atoms with van der Waals surface area (Å²) in [6, 6.07) is 5.87. The summed E-state index contributed by atoms with van der Waals surface area (Å²) in [6.45, 7) is 3.31. The zero-order valence-corrected chi connectivity index (χ0v) is 19.7. The molecule has 1 heterocycles. The zero-order chi connectivity index (χ0) is 21.3. The molecule has 0 saturated carbocycles. The first-order valence-electron chi connectivity index (χ1n) is 9.91. The molecule has 1 aliphatic heterocycles. The quantitative estimate of drug-likeness (QED) is 0.224. The highest BCUT2D eigenvalue weighted by atomic mass is 127. The summed E-state index contributed by atoms with van der Waals surface area (Å²) in [6.07, 6.45) is -1.80. The minimum atomic E-state index is -4.12. The lowest BCUT2D eigenvalue weighted by molar-refractivity contribution is -0.148. The molecule has 0 bridgehead atoms. The van der Waals surface area contributed by atoms with Gasteiger partial charge in [-0.3, -0.25) is 9.89 Å². The van der Waals surface area contributed by atoms with E-state index in [4.69, 9.17) is 4.74 Å². The predicted molar refractivity (Wildman–Crippen MR) is 121 cm³/mol. The molecular formula is C20H31F4IN4O. The van der Waals surface area contributed by atoms with Crippen LogP contribution in [-0.4, -0.2) is 62.9 Å². The number of likely N-dealkylation sites (tertiary alicyclic amines) is 1. The van der Waals surface area contributed by atoms with Crippen LogP contribution in [0, 0.1) is 11.7 Å². The Morgan fingerprint density at radius 3 is 2.40 bits per heavy atom. The van der Waals surface area contributed by atoms with Gasteiger partial charge in [-0.1, -0.05) is 0 Å². The van der Waals surface area contributed by atoms with Crippen LogP contribution in [0.2, 0.25) is 0 Å². The summed E-state index contributed by atoms with van der Waals surface area (Å²) < 4.78 is 56.0. The van der Waals surface area contributed by atoms with Crippen molar-refractivity contribution in [2.24, 2.45) is 10.9 Å². The second-order valence-corrected chi connectivity index (χ2v) is 7.39. The second-order valence-electron chi connectivity index (χ2n) is 7.39. The highest BCUT2D eigenvalue weighted by Gasteiger charge is 2.32. The topological polar surface area (TPSA) is 48.9 Å². The van der Waals surface area contributed by atoms with Gasteiger partial charge in [-0.2, -0.15) is 13.2 Å². The minimum Gasteiger partial charge on any atom is -0.489 e. The van der Waals surface area contributed by atoms with E-state index in [1.165, 1.54) is 17.0 Å². The number of guanidine groups is 1. The van der Waals surface area contributed by atoms with E-state index in [2.05, 4.69) is 15.6 Å². The van der Waals surface area contributed by atoms with E-state index in [0.717, 1.165) is 19.3 Å². The molecule has 2 N–H and O–H groups in total. The molecule has 10 heteroatoms. The molecule has 1 aliphatic rings. The highest BCUT2D eigenvalue weighted by molar-refractivity contribution is 14.0. The number of nitrogens with one attached hydrogen (secondary N) is 2. The highest BCUT2D eigenvalue weighted by Crippen LogP contribution is 2.23. The molecule has 1 fully saturated rings. The molecular weight excluding hydrogens is 515 g/mol. The maximum absolute atomic E-state index is 12.9. The van der Waals surface area contributed by atoms with Crippen molar-refractivity contribution in [3.8, 4) is 5.75 Å².